The molecule has 9 heteroatoms. The van der Waals surface area contributed by atoms with Gasteiger partial charge in [0.05, 0.1) is 10.5 Å². The minimum atomic E-state index is -3.66. The van der Waals surface area contributed by atoms with Gasteiger partial charge in [-0.3, -0.25) is 4.79 Å². The predicted octanol–water partition coefficient (Wildman–Crippen LogP) is 5.23. The molecular formula is C29H33N5O3S. The largest absolute Gasteiger partial charge is 0.320 e. The van der Waals surface area contributed by atoms with E-state index < -0.39 is 10.0 Å². The molecule has 1 amide bonds. The summed E-state index contributed by atoms with van der Waals surface area (Å²) in [6.45, 7) is 10.7. The van der Waals surface area contributed by atoms with E-state index >= 15 is 0 Å². The quantitative estimate of drug-likeness (QED) is 0.368. The van der Waals surface area contributed by atoms with Crippen molar-refractivity contribution in [2.45, 2.75) is 58.8 Å². The Bertz CT molecular complexity index is 1670. The number of sulfonamides is 1. The van der Waals surface area contributed by atoms with Gasteiger partial charge in [0.2, 0.25) is 10.0 Å². The lowest BCUT2D eigenvalue weighted by atomic mass is 10.0. The first-order valence-electron chi connectivity index (χ1n) is 13.0. The van der Waals surface area contributed by atoms with Crippen molar-refractivity contribution >= 4 is 27.3 Å². The minimum Gasteiger partial charge on any atom is -0.320 e. The lowest BCUT2D eigenvalue weighted by Crippen LogP contribution is -2.28. The summed E-state index contributed by atoms with van der Waals surface area (Å²) in [6, 6.07) is 13.1. The number of rotatable bonds is 6. The van der Waals surface area contributed by atoms with Gasteiger partial charge in [-0.15, -0.1) is 0 Å². The van der Waals surface area contributed by atoms with E-state index in [0.29, 0.717) is 35.4 Å². The zero-order valence-corrected chi connectivity index (χ0v) is 23.3. The van der Waals surface area contributed by atoms with Gasteiger partial charge in [0.25, 0.3) is 5.91 Å². The van der Waals surface area contributed by atoms with E-state index in [0.717, 1.165) is 47.5 Å². The van der Waals surface area contributed by atoms with Crippen LogP contribution in [0.1, 0.15) is 58.3 Å². The van der Waals surface area contributed by atoms with Crippen molar-refractivity contribution in [2.75, 3.05) is 18.4 Å². The van der Waals surface area contributed by atoms with Crippen LogP contribution in [0, 0.1) is 27.7 Å². The summed E-state index contributed by atoms with van der Waals surface area (Å²) in [5.41, 5.74) is 6.85. The summed E-state index contributed by atoms with van der Waals surface area (Å²) in [5.74, 6) is -0.365. The molecule has 1 aliphatic rings. The van der Waals surface area contributed by atoms with E-state index in [2.05, 4.69) is 10.4 Å². The zero-order valence-electron chi connectivity index (χ0n) is 22.5. The van der Waals surface area contributed by atoms with E-state index in [1.165, 1.54) is 0 Å². The Hall–Kier alpha value is -3.56. The zero-order chi connectivity index (χ0) is 27.2. The Morgan fingerprint density at radius 2 is 1.74 bits per heavy atom. The molecule has 5 rings (SSSR count). The van der Waals surface area contributed by atoms with Gasteiger partial charge >= 0.3 is 0 Å². The van der Waals surface area contributed by atoms with Crippen molar-refractivity contribution in [1.82, 2.24) is 18.9 Å². The van der Waals surface area contributed by atoms with Gasteiger partial charge in [0.15, 0.2) is 11.3 Å². The molecule has 0 aliphatic carbocycles. The number of benzene rings is 2. The third kappa shape index (κ3) is 4.50. The average molecular weight is 532 g/mol. The van der Waals surface area contributed by atoms with Crippen LogP contribution in [-0.2, 0) is 16.4 Å². The van der Waals surface area contributed by atoms with Crippen LogP contribution in [0.5, 0.6) is 0 Å². The lowest BCUT2D eigenvalue weighted by Gasteiger charge is -2.18. The topological polar surface area (TPSA) is 96.7 Å². The average Bonchev–Trinajstić information content (AvgIpc) is 3.55. The van der Waals surface area contributed by atoms with E-state index in [1.54, 1.807) is 27.9 Å². The fourth-order valence-corrected chi connectivity index (χ4v) is 6.99. The molecule has 0 saturated carbocycles. The molecule has 1 aliphatic heterocycles. The third-order valence-corrected chi connectivity index (χ3v) is 9.29. The number of carbonyl (C=O) groups excluding carboxylic acids is 1. The number of aryl methyl sites for hydroxylation is 5. The first kappa shape index (κ1) is 26.1. The predicted molar refractivity (Wildman–Crippen MR) is 149 cm³/mol. The summed E-state index contributed by atoms with van der Waals surface area (Å²) < 4.78 is 30.3. The second-order valence-electron chi connectivity index (χ2n) is 10.0. The molecule has 0 spiro atoms. The Kier molecular flexibility index (Phi) is 6.83. The van der Waals surface area contributed by atoms with E-state index in [9.17, 15) is 13.2 Å². The number of hydrogen-bond donors (Lipinski definition) is 1. The van der Waals surface area contributed by atoms with E-state index in [-0.39, 0.29) is 16.5 Å². The van der Waals surface area contributed by atoms with Crippen LogP contribution in [0.2, 0.25) is 0 Å². The standard InChI is InChI=1S/C29H33N5O3S/c1-6-22-11-9-10-19(3)26(22)31-29(35)27-25(28-30-20(4)16-21(5)34(28)32-27)23-13-12-18(2)24(17-23)38(36,37)33-14-7-8-15-33/h9-13,16-17H,6-8,14-15H2,1-5H3,(H,31,35). The van der Waals surface area contributed by atoms with Crippen LogP contribution < -0.4 is 5.32 Å². The van der Waals surface area contributed by atoms with Gasteiger partial charge in [0.1, 0.15) is 0 Å². The molecule has 0 unspecified atom stereocenters. The Morgan fingerprint density at radius 3 is 2.45 bits per heavy atom. The lowest BCUT2D eigenvalue weighted by molar-refractivity contribution is 0.102. The second kappa shape index (κ2) is 9.96. The van der Waals surface area contributed by atoms with E-state index in [1.807, 2.05) is 58.0 Å². The molecule has 198 valence electrons. The molecular weight excluding hydrogens is 498 g/mol. The van der Waals surface area contributed by atoms with Crippen LogP contribution >= 0.6 is 0 Å². The molecule has 0 atom stereocenters. The van der Waals surface area contributed by atoms with Gasteiger partial charge in [0, 0.05) is 30.2 Å². The highest BCUT2D eigenvalue weighted by molar-refractivity contribution is 7.89. The fraction of sp³-hybridized carbons (Fsp3) is 0.345. The molecule has 0 radical (unpaired) electrons. The molecule has 0 bridgehead atoms. The number of nitrogens with zero attached hydrogens (tertiary/aromatic N) is 4. The molecule has 38 heavy (non-hydrogen) atoms. The van der Waals surface area contributed by atoms with Gasteiger partial charge in [-0.1, -0.05) is 37.3 Å². The number of carbonyl (C=O) groups is 1. The van der Waals surface area contributed by atoms with E-state index in [4.69, 9.17) is 4.98 Å². The number of nitrogens with one attached hydrogen (secondary N) is 1. The highest BCUT2D eigenvalue weighted by atomic mass is 32.2. The Labute approximate surface area is 223 Å². The van der Waals surface area contributed by atoms with Crippen LogP contribution in [-0.4, -0.2) is 46.3 Å². The number of anilines is 1. The van der Waals surface area contributed by atoms with Crippen molar-refractivity contribution in [3.63, 3.8) is 0 Å². The van der Waals surface area contributed by atoms with Crippen LogP contribution in [0.25, 0.3) is 16.8 Å². The highest BCUT2D eigenvalue weighted by Crippen LogP contribution is 2.34. The molecule has 3 heterocycles. The van der Waals surface area contributed by atoms with Crippen molar-refractivity contribution in [2.24, 2.45) is 0 Å². The third-order valence-electron chi connectivity index (χ3n) is 7.25. The maximum absolute atomic E-state index is 13.8. The summed E-state index contributed by atoms with van der Waals surface area (Å²) in [4.78, 5) is 18.8. The SMILES string of the molecule is CCc1cccc(C)c1NC(=O)c1nn2c(C)cc(C)nc2c1-c1ccc(C)c(S(=O)(=O)N2CCCC2)c1. The molecule has 4 aromatic rings. The molecule has 2 aromatic heterocycles. The number of fused-ring (bicyclic) bond motifs is 1. The van der Waals surface area contributed by atoms with Crippen LogP contribution in [0.15, 0.2) is 47.4 Å². The summed E-state index contributed by atoms with van der Waals surface area (Å²) in [5, 5.41) is 7.77. The van der Waals surface area contributed by atoms with Gasteiger partial charge in [-0.25, -0.2) is 17.9 Å². The number of amides is 1. The molecule has 1 fully saturated rings. The van der Waals surface area contributed by atoms with Crippen molar-refractivity contribution < 1.29 is 13.2 Å². The maximum atomic E-state index is 13.8. The van der Waals surface area contributed by atoms with Crippen LogP contribution in [0.3, 0.4) is 0 Å². The van der Waals surface area contributed by atoms with Gasteiger partial charge in [-0.05, 0) is 81.3 Å². The highest BCUT2D eigenvalue weighted by Gasteiger charge is 2.30. The monoisotopic (exact) mass is 531 g/mol. The van der Waals surface area contributed by atoms with Crippen molar-refractivity contribution in [1.29, 1.82) is 0 Å². The minimum absolute atomic E-state index is 0.199. The molecule has 1 saturated heterocycles. The number of para-hydroxylation sites is 1. The number of hydrogen-bond acceptors (Lipinski definition) is 5. The van der Waals surface area contributed by atoms with Crippen molar-refractivity contribution in [3.05, 3.63) is 76.2 Å². The smallest absolute Gasteiger partial charge is 0.276 e. The first-order chi connectivity index (χ1) is 18.1. The Balaban J connectivity index is 1.70. The Morgan fingerprint density at radius 1 is 1.00 bits per heavy atom. The normalized spacial score (nSPS) is 14.3. The summed E-state index contributed by atoms with van der Waals surface area (Å²) in [6.07, 6.45) is 2.49. The molecule has 1 N–H and O–H groups in total. The molecule has 8 nitrogen and oxygen atoms in total. The second-order valence-corrected chi connectivity index (χ2v) is 11.9. The van der Waals surface area contributed by atoms with Gasteiger partial charge < -0.3 is 5.32 Å². The maximum Gasteiger partial charge on any atom is 0.276 e. The number of aromatic nitrogens is 3. The fourth-order valence-electron chi connectivity index (χ4n) is 5.22. The first-order valence-corrected chi connectivity index (χ1v) is 14.4. The van der Waals surface area contributed by atoms with Gasteiger partial charge in [-0.2, -0.15) is 9.40 Å². The van der Waals surface area contributed by atoms with Crippen molar-refractivity contribution in [3.8, 4) is 11.1 Å². The molecule has 2 aromatic carbocycles. The summed E-state index contributed by atoms with van der Waals surface area (Å²) in [7, 11) is -3.66. The summed E-state index contributed by atoms with van der Waals surface area (Å²) >= 11 is 0. The van der Waals surface area contributed by atoms with Crippen LogP contribution in [0.4, 0.5) is 5.69 Å².